The van der Waals surface area contributed by atoms with E-state index in [4.69, 9.17) is 4.74 Å². The lowest BCUT2D eigenvalue weighted by atomic mass is 9.58. The van der Waals surface area contributed by atoms with Crippen molar-refractivity contribution in [3.8, 4) is 45.3 Å². The van der Waals surface area contributed by atoms with E-state index in [9.17, 15) is 28.5 Å². The predicted molar refractivity (Wildman–Crippen MR) is 276 cm³/mol. The second kappa shape index (κ2) is 21.5. The molecule has 74 heavy (non-hydrogen) atoms. The zero-order valence-corrected chi connectivity index (χ0v) is 40.0. The summed E-state index contributed by atoms with van der Waals surface area (Å²) in [5, 5.41) is 52.8. The van der Waals surface area contributed by atoms with Gasteiger partial charge in [0.1, 0.15) is 70.8 Å². The number of ether oxygens (including phenoxy) is 2. The van der Waals surface area contributed by atoms with E-state index in [0.29, 0.717) is 23.0 Å². The van der Waals surface area contributed by atoms with Crippen molar-refractivity contribution in [1.82, 2.24) is 29.9 Å². The van der Waals surface area contributed by atoms with Crippen LogP contribution in [0.4, 0.5) is 30.6 Å². The summed E-state index contributed by atoms with van der Waals surface area (Å²) in [6, 6.07) is 50.9. The van der Waals surface area contributed by atoms with E-state index in [-0.39, 0.29) is 39.6 Å². The number of nitrogens with one attached hydrogen (secondary N) is 3. The van der Waals surface area contributed by atoms with Crippen LogP contribution >= 0.6 is 0 Å². The van der Waals surface area contributed by atoms with Gasteiger partial charge in [0.25, 0.3) is 0 Å². The van der Waals surface area contributed by atoms with Crippen LogP contribution in [-0.2, 0) is 11.2 Å². The molecule has 0 spiro atoms. The third-order valence-corrected chi connectivity index (χ3v) is 12.8. The highest BCUT2D eigenvalue weighted by Crippen LogP contribution is 2.54. The van der Waals surface area contributed by atoms with Crippen LogP contribution in [0.3, 0.4) is 0 Å². The van der Waals surface area contributed by atoms with Gasteiger partial charge in [-0.25, -0.2) is 29.9 Å². The van der Waals surface area contributed by atoms with Gasteiger partial charge in [-0.1, -0.05) is 127 Å². The summed E-state index contributed by atoms with van der Waals surface area (Å²) in [7, 11) is 1.58. The second-order valence-corrected chi connectivity index (χ2v) is 17.4. The molecule has 4 atom stereocenters. The van der Waals surface area contributed by atoms with Gasteiger partial charge < -0.3 is 40.7 Å². The summed E-state index contributed by atoms with van der Waals surface area (Å²) in [6.07, 6.45) is -2.87. The largest absolute Gasteiger partial charge is 0.573 e. The molecule has 9 rings (SSSR count). The Morgan fingerprint density at radius 2 is 0.973 bits per heavy atom. The number of methoxy groups -OCH3 is 1. The molecule has 3 heterocycles. The summed E-state index contributed by atoms with van der Waals surface area (Å²) < 4.78 is 50.0. The van der Waals surface area contributed by atoms with E-state index in [1.807, 2.05) is 43.3 Å². The quantitative estimate of drug-likeness (QED) is 0.0448. The number of rotatable bonds is 19. The molecule has 14 nitrogen and oxygen atoms in total. The van der Waals surface area contributed by atoms with Crippen molar-refractivity contribution in [2.75, 3.05) is 36.1 Å². The highest BCUT2D eigenvalue weighted by atomic mass is 19.4. The molecule has 0 aliphatic rings. The molecule has 0 amide bonds. The fourth-order valence-electron chi connectivity index (χ4n) is 9.19. The minimum atomic E-state index is -4.97. The summed E-state index contributed by atoms with van der Waals surface area (Å²) >= 11 is 0. The van der Waals surface area contributed by atoms with E-state index in [0.717, 1.165) is 22.8 Å². The number of hydrogen-bond acceptors (Lipinski definition) is 14. The Hall–Kier alpha value is -8.77. The van der Waals surface area contributed by atoms with Crippen molar-refractivity contribution in [3.05, 3.63) is 223 Å². The fraction of sp³-hybridized carbons (Fsp3) is 0.158. The molecule has 0 fully saturated rings. The Balaban J connectivity index is 1.28. The maximum Gasteiger partial charge on any atom is 0.573 e. The molecule has 0 bridgehead atoms. The van der Waals surface area contributed by atoms with Gasteiger partial charge in [-0.05, 0) is 66.1 Å². The molecular weight excluding hydrogens is 948 g/mol. The van der Waals surface area contributed by atoms with Gasteiger partial charge in [0.15, 0.2) is 0 Å². The molecule has 3 aromatic heterocycles. The first-order valence-corrected chi connectivity index (χ1v) is 23.4. The van der Waals surface area contributed by atoms with Crippen LogP contribution in [0.2, 0.25) is 0 Å². The standard InChI is InChI=1S/C57H50F3N9O5/c1-38-14-12-17-41(28-38)48-31-51(67-36-64-48)62-34-55(72,44-21-10-5-11-22-44)56(53(70)40-15-6-3-7-16-40,69-52-32-49(65-37-68-52)42-18-13-23-46(29-42)74-57(58,59)60)54(71,43-19-8-4-9-20-43)33-61-50-30-47(63-35-66-50)39-24-26-45(73-2)27-25-39/h3-32,35-37,53,70-72H,33-34H2,1-2H3,(H,61,63,66)(H,62,64,67)(H,65,68,69). The first kappa shape index (κ1) is 50.2. The van der Waals surface area contributed by atoms with Gasteiger partial charge in [0.2, 0.25) is 0 Å². The van der Waals surface area contributed by atoms with Crippen molar-refractivity contribution in [1.29, 1.82) is 0 Å². The second-order valence-electron chi connectivity index (χ2n) is 17.4. The van der Waals surface area contributed by atoms with Gasteiger partial charge in [-0.2, -0.15) is 0 Å². The summed E-state index contributed by atoms with van der Waals surface area (Å²) in [4.78, 5) is 27.2. The monoisotopic (exact) mass is 997 g/mol. The number of aromatic nitrogens is 6. The first-order valence-electron chi connectivity index (χ1n) is 23.4. The van der Waals surface area contributed by atoms with Crippen molar-refractivity contribution in [2.45, 2.75) is 36.1 Å². The number of aliphatic hydroxyl groups excluding tert-OH is 1. The number of hydrogen-bond donors (Lipinski definition) is 6. The lowest BCUT2D eigenvalue weighted by Crippen LogP contribution is -2.75. The highest BCUT2D eigenvalue weighted by molar-refractivity contribution is 5.67. The molecule has 374 valence electrons. The van der Waals surface area contributed by atoms with Crippen LogP contribution < -0.4 is 25.4 Å². The molecule has 0 radical (unpaired) electrons. The van der Waals surface area contributed by atoms with Crippen LogP contribution in [0.15, 0.2) is 201 Å². The molecule has 0 saturated carbocycles. The number of halogens is 3. The van der Waals surface area contributed by atoms with Gasteiger partial charge in [-0.3, -0.25) is 0 Å². The molecule has 6 N–H and O–H groups in total. The highest BCUT2D eigenvalue weighted by Gasteiger charge is 2.68. The van der Waals surface area contributed by atoms with Crippen molar-refractivity contribution < 1.29 is 38.0 Å². The van der Waals surface area contributed by atoms with Crippen molar-refractivity contribution in [3.63, 3.8) is 0 Å². The molecular formula is C57H50F3N9O5. The lowest BCUT2D eigenvalue weighted by Gasteiger charge is -2.58. The Morgan fingerprint density at radius 3 is 1.49 bits per heavy atom. The minimum Gasteiger partial charge on any atom is -0.497 e. The topological polar surface area (TPSA) is 193 Å². The van der Waals surface area contributed by atoms with E-state index < -0.39 is 48.0 Å². The third kappa shape index (κ3) is 10.7. The van der Waals surface area contributed by atoms with E-state index in [2.05, 4.69) is 50.6 Å². The molecule has 0 aliphatic carbocycles. The van der Waals surface area contributed by atoms with Gasteiger partial charge in [-0.15, -0.1) is 13.2 Å². The van der Waals surface area contributed by atoms with Gasteiger partial charge >= 0.3 is 6.36 Å². The van der Waals surface area contributed by atoms with Crippen LogP contribution in [0.1, 0.15) is 28.4 Å². The van der Waals surface area contributed by atoms with E-state index in [1.54, 1.807) is 128 Å². The Kier molecular flexibility index (Phi) is 14.6. The third-order valence-electron chi connectivity index (χ3n) is 12.8. The Bertz CT molecular complexity index is 3310. The molecule has 0 saturated heterocycles. The average molecular weight is 998 g/mol. The maximum absolute atomic E-state index is 14.5. The van der Waals surface area contributed by atoms with Crippen LogP contribution in [0.25, 0.3) is 33.8 Å². The average Bonchev–Trinajstić information content (AvgIpc) is 3.46. The molecule has 4 unspecified atom stereocenters. The smallest absolute Gasteiger partial charge is 0.497 e. The molecule has 9 aromatic rings. The van der Waals surface area contributed by atoms with Crippen LogP contribution in [-0.4, -0.2) is 77.3 Å². The predicted octanol–water partition coefficient (Wildman–Crippen LogP) is 10.2. The zero-order chi connectivity index (χ0) is 51.8. The van der Waals surface area contributed by atoms with E-state index >= 15 is 0 Å². The number of nitrogens with zero attached hydrogens (tertiary/aromatic N) is 6. The number of anilines is 3. The number of benzene rings is 6. The summed E-state index contributed by atoms with van der Waals surface area (Å²) in [5.74, 6) is 0.693. The number of aliphatic hydroxyl groups is 3. The maximum atomic E-state index is 14.5. The van der Waals surface area contributed by atoms with Gasteiger partial charge in [0, 0.05) is 34.9 Å². The fourth-order valence-corrected chi connectivity index (χ4v) is 9.19. The van der Waals surface area contributed by atoms with Crippen molar-refractivity contribution in [2.24, 2.45) is 0 Å². The molecule has 0 aliphatic heterocycles. The Morgan fingerprint density at radius 1 is 0.500 bits per heavy atom. The van der Waals surface area contributed by atoms with Crippen LogP contribution in [0, 0.1) is 6.92 Å². The number of aryl methyl sites for hydroxylation is 1. The molecule has 17 heteroatoms. The first-order chi connectivity index (χ1) is 35.8. The summed E-state index contributed by atoms with van der Waals surface area (Å²) in [5.41, 5.74) is -2.60. The SMILES string of the molecule is COc1ccc(-c2cc(NCC(O)(c3ccccc3)C(Nc3cc(-c4cccc(OC(F)(F)F)c4)ncn3)(C(O)c3ccccc3)C(O)(CNc3cc(-c4cccc(C)c4)ncn3)c3ccccc3)ncn2)cc1. The normalized spacial score (nSPS) is 14.3. The minimum absolute atomic E-state index is 0.0524. The Labute approximate surface area is 424 Å². The van der Waals surface area contributed by atoms with Crippen LogP contribution in [0.5, 0.6) is 11.5 Å². The summed E-state index contributed by atoms with van der Waals surface area (Å²) in [6.45, 7) is 1.07. The van der Waals surface area contributed by atoms with E-state index in [1.165, 1.54) is 37.2 Å². The number of alkyl halides is 3. The molecule has 6 aromatic carbocycles. The zero-order valence-electron chi connectivity index (χ0n) is 40.0. The van der Waals surface area contributed by atoms with Gasteiger partial charge in [0.05, 0.1) is 37.3 Å². The lowest BCUT2D eigenvalue weighted by molar-refractivity contribution is -0.274. The van der Waals surface area contributed by atoms with Crippen molar-refractivity contribution >= 4 is 17.5 Å².